The Balaban J connectivity index is 1.72. The maximum Gasteiger partial charge on any atom is 0.412 e. The van der Waals surface area contributed by atoms with Crippen LogP contribution in [0.2, 0.25) is 0 Å². The predicted molar refractivity (Wildman–Crippen MR) is 106 cm³/mol. The molecule has 6 nitrogen and oxygen atoms in total. The largest absolute Gasteiger partial charge is 0.491 e. The number of hydrogen-bond acceptors (Lipinski definition) is 4. The molecule has 2 amide bonds. The Hall–Kier alpha value is -3.16. The van der Waals surface area contributed by atoms with E-state index in [-0.39, 0.29) is 24.7 Å². The van der Waals surface area contributed by atoms with Gasteiger partial charge in [-0.2, -0.15) is 0 Å². The maximum atomic E-state index is 13.4. The van der Waals surface area contributed by atoms with Crippen LogP contribution in [0, 0.1) is 11.6 Å². The number of ether oxygens (including phenoxy) is 2. The fraction of sp³-hybridized carbons (Fsp3) is 0.333. The molecule has 0 saturated heterocycles. The second kappa shape index (κ2) is 9.86. The highest BCUT2D eigenvalue weighted by Gasteiger charge is 2.16. The second-order valence-corrected chi connectivity index (χ2v) is 7.28. The van der Waals surface area contributed by atoms with Crippen molar-refractivity contribution in [3.8, 4) is 5.75 Å². The van der Waals surface area contributed by atoms with Crippen LogP contribution in [0.4, 0.5) is 25.0 Å². The summed E-state index contributed by atoms with van der Waals surface area (Å²) in [7, 11) is 0. The quantitative estimate of drug-likeness (QED) is 0.627. The van der Waals surface area contributed by atoms with Crippen molar-refractivity contribution in [2.45, 2.75) is 39.2 Å². The van der Waals surface area contributed by atoms with Gasteiger partial charge in [-0.05, 0) is 63.6 Å². The number of nitrogens with one attached hydrogen (secondary N) is 2. The summed E-state index contributed by atoms with van der Waals surface area (Å²) in [5.41, 5.74) is 0.506. The molecule has 8 heteroatoms. The minimum Gasteiger partial charge on any atom is -0.491 e. The topological polar surface area (TPSA) is 76.7 Å². The summed E-state index contributed by atoms with van der Waals surface area (Å²) in [6.07, 6.45) is -0.0337. The summed E-state index contributed by atoms with van der Waals surface area (Å²) in [5.74, 6) is -1.75. The monoisotopic (exact) mass is 406 g/mol. The van der Waals surface area contributed by atoms with Crippen molar-refractivity contribution in [1.29, 1.82) is 0 Å². The van der Waals surface area contributed by atoms with Gasteiger partial charge in [0.25, 0.3) is 0 Å². The number of carbonyl (C=O) groups is 2. The number of hydrogen-bond donors (Lipinski definition) is 2. The standard InChI is InChI=1S/C21H24F2N2O4/c1-21(2,3)29-20(27)25-16-9-7-15(8-10-16)24-19(26)5-4-12-28-18-11-6-14(22)13-17(18)23/h6-11,13H,4-5,12H2,1-3H3,(H,24,26)(H,25,27). The molecule has 0 atom stereocenters. The van der Waals surface area contributed by atoms with E-state index in [0.717, 1.165) is 12.1 Å². The molecule has 29 heavy (non-hydrogen) atoms. The molecule has 0 aliphatic heterocycles. The number of amides is 2. The fourth-order valence-corrected chi connectivity index (χ4v) is 2.29. The van der Waals surface area contributed by atoms with E-state index in [1.54, 1.807) is 45.0 Å². The summed E-state index contributed by atoms with van der Waals surface area (Å²) < 4.78 is 36.6. The van der Waals surface area contributed by atoms with Crippen molar-refractivity contribution in [2.75, 3.05) is 17.2 Å². The average molecular weight is 406 g/mol. The first-order valence-corrected chi connectivity index (χ1v) is 9.10. The van der Waals surface area contributed by atoms with Crippen LogP contribution in [-0.2, 0) is 9.53 Å². The molecule has 0 aromatic heterocycles. The average Bonchev–Trinajstić information content (AvgIpc) is 2.60. The Labute approximate surface area is 168 Å². The Morgan fingerprint density at radius 2 is 1.59 bits per heavy atom. The van der Waals surface area contributed by atoms with E-state index in [2.05, 4.69) is 10.6 Å². The summed E-state index contributed by atoms with van der Waals surface area (Å²) in [6.45, 7) is 5.43. The fourth-order valence-electron chi connectivity index (χ4n) is 2.29. The number of rotatable bonds is 7. The highest BCUT2D eigenvalue weighted by atomic mass is 19.1. The third-order valence-electron chi connectivity index (χ3n) is 3.51. The van der Waals surface area contributed by atoms with Gasteiger partial charge in [0.1, 0.15) is 11.4 Å². The van der Waals surface area contributed by atoms with Crippen LogP contribution in [0.1, 0.15) is 33.6 Å². The molecule has 0 fully saturated rings. The zero-order valence-corrected chi connectivity index (χ0v) is 16.6. The molecule has 0 aliphatic carbocycles. The molecule has 0 radical (unpaired) electrons. The Morgan fingerprint density at radius 1 is 0.966 bits per heavy atom. The molecule has 2 aromatic rings. The molecule has 0 saturated carbocycles. The second-order valence-electron chi connectivity index (χ2n) is 7.28. The summed E-state index contributed by atoms with van der Waals surface area (Å²) >= 11 is 0. The van der Waals surface area contributed by atoms with Gasteiger partial charge in [-0.15, -0.1) is 0 Å². The predicted octanol–water partition coefficient (Wildman–Crippen LogP) is 5.11. The van der Waals surface area contributed by atoms with Gasteiger partial charge in [-0.1, -0.05) is 0 Å². The lowest BCUT2D eigenvalue weighted by molar-refractivity contribution is -0.116. The van der Waals surface area contributed by atoms with Crippen LogP contribution in [0.15, 0.2) is 42.5 Å². The smallest absolute Gasteiger partial charge is 0.412 e. The number of halogens is 2. The molecule has 2 rings (SSSR count). The lowest BCUT2D eigenvalue weighted by Gasteiger charge is -2.19. The van der Waals surface area contributed by atoms with Gasteiger partial charge >= 0.3 is 6.09 Å². The first-order valence-electron chi connectivity index (χ1n) is 9.10. The minimum atomic E-state index is -0.783. The first kappa shape index (κ1) is 22.1. The van der Waals surface area contributed by atoms with Crippen LogP contribution >= 0.6 is 0 Å². The van der Waals surface area contributed by atoms with Gasteiger partial charge in [0.2, 0.25) is 5.91 Å². The van der Waals surface area contributed by atoms with Crippen LogP contribution in [0.5, 0.6) is 5.75 Å². The van der Waals surface area contributed by atoms with E-state index >= 15 is 0 Å². The Bertz CT molecular complexity index is 849. The Kier molecular flexibility index (Phi) is 7.52. The van der Waals surface area contributed by atoms with Crippen LogP contribution in [0.3, 0.4) is 0 Å². The third-order valence-corrected chi connectivity index (χ3v) is 3.51. The van der Waals surface area contributed by atoms with Gasteiger partial charge < -0.3 is 14.8 Å². The van der Waals surface area contributed by atoms with Crippen molar-refractivity contribution >= 4 is 23.4 Å². The molecule has 0 aliphatic rings. The zero-order chi connectivity index (χ0) is 21.4. The zero-order valence-electron chi connectivity index (χ0n) is 16.6. The lowest BCUT2D eigenvalue weighted by atomic mass is 10.2. The van der Waals surface area contributed by atoms with Gasteiger partial charge in [0, 0.05) is 23.9 Å². The number of carbonyl (C=O) groups excluding carboxylic acids is 2. The molecule has 156 valence electrons. The van der Waals surface area contributed by atoms with E-state index < -0.39 is 23.3 Å². The van der Waals surface area contributed by atoms with Crippen molar-refractivity contribution in [3.05, 3.63) is 54.1 Å². The molecule has 2 N–H and O–H groups in total. The third kappa shape index (κ3) is 8.16. The summed E-state index contributed by atoms with van der Waals surface area (Å²) in [4.78, 5) is 23.7. The summed E-state index contributed by atoms with van der Waals surface area (Å²) in [5, 5.41) is 5.32. The van der Waals surface area contributed by atoms with Gasteiger partial charge in [0.05, 0.1) is 6.61 Å². The van der Waals surface area contributed by atoms with Gasteiger partial charge in [0.15, 0.2) is 11.6 Å². The molecule has 0 bridgehead atoms. The minimum absolute atomic E-state index is 0.0557. The first-order chi connectivity index (χ1) is 13.6. The van der Waals surface area contributed by atoms with E-state index in [0.29, 0.717) is 17.8 Å². The number of benzene rings is 2. The molecule has 0 unspecified atom stereocenters. The van der Waals surface area contributed by atoms with Crippen LogP contribution in [0.25, 0.3) is 0 Å². The van der Waals surface area contributed by atoms with E-state index in [9.17, 15) is 18.4 Å². The highest BCUT2D eigenvalue weighted by molar-refractivity contribution is 5.91. The maximum absolute atomic E-state index is 13.4. The Morgan fingerprint density at radius 3 is 2.17 bits per heavy atom. The lowest BCUT2D eigenvalue weighted by Crippen LogP contribution is -2.27. The van der Waals surface area contributed by atoms with E-state index in [4.69, 9.17) is 9.47 Å². The molecular formula is C21H24F2N2O4. The normalized spacial score (nSPS) is 10.9. The molecule has 0 heterocycles. The van der Waals surface area contributed by atoms with Gasteiger partial charge in [-0.25, -0.2) is 13.6 Å². The van der Waals surface area contributed by atoms with Crippen molar-refractivity contribution in [1.82, 2.24) is 0 Å². The molecular weight excluding hydrogens is 382 g/mol. The van der Waals surface area contributed by atoms with Crippen molar-refractivity contribution in [3.63, 3.8) is 0 Å². The van der Waals surface area contributed by atoms with Crippen LogP contribution in [-0.4, -0.2) is 24.2 Å². The SMILES string of the molecule is CC(C)(C)OC(=O)Nc1ccc(NC(=O)CCCOc2ccc(F)cc2F)cc1. The van der Waals surface area contributed by atoms with Crippen molar-refractivity contribution in [2.24, 2.45) is 0 Å². The number of anilines is 2. The van der Waals surface area contributed by atoms with Crippen molar-refractivity contribution < 1.29 is 27.8 Å². The van der Waals surface area contributed by atoms with Crippen LogP contribution < -0.4 is 15.4 Å². The van der Waals surface area contributed by atoms with E-state index in [1.807, 2.05) is 0 Å². The summed E-state index contributed by atoms with van der Waals surface area (Å²) in [6, 6.07) is 9.62. The van der Waals surface area contributed by atoms with Gasteiger partial charge in [-0.3, -0.25) is 10.1 Å². The van der Waals surface area contributed by atoms with E-state index in [1.165, 1.54) is 6.07 Å². The molecule has 0 spiro atoms. The molecule has 2 aromatic carbocycles. The highest BCUT2D eigenvalue weighted by Crippen LogP contribution is 2.18.